The molecule has 4 aromatic rings. The van der Waals surface area contributed by atoms with Gasteiger partial charge in [-0.05, 0) is 43.5 Å². The Labute approximate surface area is 193 Å². The van der Waals surface area contributed by atoms with E-state index in [0.717, 1.165) is 18.4 Å². The van der Waals surface area contributed by atoms with Gasteiger partial charge in [-0.15, -0.1) is 0 Å². The van der Waals surface area contributed by atoms with Crippen LogP contribution in [-0.2, 0) is 17.9 Å². The van der Waals surface area contributed by atoms with Crippen LogP contribution in [0.2, 0.25) is 5.02 Å². The van der Waals surface area contributed by atoms with Crippen molar-refractivity contribution in [3.63, 3.8) is 0 Å². The number of carbonyl (C=O) groups is 1. The van der Waals surface area contributed by atoms with Gasteiger partial charge in [-0.3, -0.25) is 9.48 Å². The SMILES string of the molecule is Cc1nn(CC(=O)Nc2cccc(Cn3cc(Cl)cn3)c2)c2nc(C3CC3)cc(C(F)F)c12. The summed E-state index contributed by atoms with van der Waals surface area (Å²) in [6.07, 6.45) is 2.52. The first kappa shape index (κ1) is 21.5. The van der Waals surface area contributed by atoms with Crippen LogP contribution in [0.4, 0.5) is 14.5 Å². The minimum atomic E-state index is -2.63. The number of halogens is 3. The quantitative estimate of drug-likeness (QED) is 0.408. The molecule has 0 bridgehead atoms. The lowest BCUT2D eigenvalue weighted by Crippen LogP contribution is -2.20. The van der Waals surface area contributed by atoms with E-state index in [1.807, 2.05) is 18.2 Å². The third-order valence-corrected chi connectivity index (χ3v) is 5.80. The number of pyridine rings is 1. The fourth-order valence-electron chi connectivity index (χ4n) is 3.97. The van der Waals surface area contributed by atoms with Gasteiger partial charge in [0.15, 0.2) is 5.65 Å². The molecule has 0 atom stereocenters. The average Bonchev–Trinajstić information content (AvgIpc) is 3.47. The second-order valence-corrected chi connectivity index (χ2v) is 8.69. The lowest BCUT2D eigenvalue weighted by molar-refractivity contribution is -0.116. The highest BCUT2D eigenvalue weighted by molar-refractivity contribution is 6.30. The summed E-state index contributed by atoms with van der Waals surface area (Å²) in [5, 5.41) is 12.2. The zero-order chi connectivity index (χ0) is 23.1. The smallest absolute Gasteiger partial charge is 0.264 e. The van der Waals surface area contributed by atoms with Crippen molar-refractivity contribution >= 4 is 34.2 Å². The van der Waals surface area contributed by atoms with Crippen molar-refractivity contribution in [1.82, 2.24) is 24.5 Å². The molecule has 5 rings (SSSR count). The Bertz CT molecular complexity index is 1340. The molecular weight excluding hydrogens is 450 g/mol. The molecule has 1 aliphatic carbocycles. The number of nitrogens with zero attached hydrogens (tertiary/aromatic N) is 5. The minimum Gasteiger partial charge on any atom is -0.324 e. The third-order valence-electron chi connectivity index (χ3n) is 5.61. The Balaban J connectivity index is 1.37. The van der Waals surface area contributed by atoms with Crippen LogP contribution < -0.4 is 5.32 Å². The summed E-state index contributed by atoms with van der Waals surface area (Å²) < 4.78 is 30.6. The topological polar surface area (TPSA) is 77.6 Å². The summed E-state index contributed by atoms with van der Waals surface area (Å²) >= 11 is 5.91. The van der Waals surface area contributed by atoms with Gasteiger partial charge in [0.2, 0.25) is 5.91 Å². The fraction of sp³-hybridized carbons (Fsp3) is 0.304. The molecule has 1 aromatic carbocycles. The standard InChI is InChI=1S/C23H21ClF2N6O/c1-13-21-18(22(25)26)8-19(15-5-6-15)29-23(21)32(30-13)12-20(33)28-17-4-2-3-14(7-17)10-31-11-16(24)9-27-31/h2-4,7-9,11,15,22H,5-6,10,12H2,1H3,(H,28,33). The second kappa shape index (κ2) is 8.55. The molecule has 1 N–H and O–H groups in total. The number of aryl methyl sites for hydroxylation is 1. The molecule has 1 fully saturated rings. The van der Waals surface area contributed by atoms with E-state index in [2.05, 4.69) is 20.5 Å². The van der Waals surface area contributed by atoms with Crippen LogP contribution in [0.5, 0.6) is 0 Å². The largest absolute Gasteiger partial charge is 0.324 e. The number of anilines is 1. The number of alkyl halides is 2. The highest BCUT2D eigenvalue weighted by Gasteiger charge is 2.29. The molecule has 3 heterocycles. The van der Waals surface area contributed by atoms with Crippen LogP contribution in [0.25, 0.3) is 11.0 Å². The Morgan fingerprint density at radius 1 is 1.30 bits per heavy atom. The lowest BCUT2D eigenvalue weighted by Gasteiger charge is -2.10. The first-order valence-corrected chi connectivity index (χ1v) is 11.0. The molecule has 33 heavy (non-hydrogen) atoms. The van der Waals surface area contributed by atoms with Crippen molar-refractivity contribution in [3.05, 3.63) is 70.3 Å². The third kappa shape index (κ3) is 4.59. The Morgan fingerprint density at radius 2 is 2.12 bits per heavy atom. The van der Waals surface area contributed by atoms with E-state index in [1.54, 1.807) is 30.1 Å². The molecule has 10 heteroatoms. The minimum absolute atomic E-state index is 0.0718. The van der Waals surface area contributed by atoms with E-state index in [1.165, 1.54) is 10.7 Å². The van der Waals surface area contributed by atoms with Crippen molar-refractivity contribution in [1.29, 1.82) is 0 Å². The summed E-state index contributed by atoms with van der Waals surface area (Å²) in [6, 6.07) is 8.87. The summed E-state index contributed by atoms with van der Waals surface area (Å²) in [4.78, 5) is 17.4. The van der Waals surface area contributed by atoms with Gasteiger partial charge in [0.1, 0.15) is 6.54 Å². The number of benzene rings is 1. The normalized spacial score (nSPS) is 13.7. The van der Waals surface area contributed by atoms with E-state index in [-0.39, 0.29) is 23.9 Å². The average molecular weight is 471 g/mol. The summed E-state index contributed by atoms with van der Waals surface area (Å²) in [5.41, 5.74) is 2.88. The number of hydrogen-bond acceptors (Lipinski definition) is 4. The van der Waals surface area contributed by atoms with Crippen molar-refractivity contribution in [2.24, 2.45) is 0 Å². The Hall–Kier alpha value is -3.33. The number of hydrogen-bond donors (Lipinski definition) is 1. The van der Waals surface area contributed by atoms with E-state index in [0.29, 0.717) is 39.7 Å². The molecule has 3 aromatic heterocycles. The first-order valence-electron chi connectivity index (χ1n) is 10.6. The van der Waals surface area contributed by atoms with Crippen LogP contribution in [0.15, 0.2) is 42.7 Å². The van der Waals surface area contributed by atoms with Gasteiger partial charge < -0.3 is 5.32 Å². The molecule has 0 saturated heterocycles. The Kier molecular flexibility index (Phi) is 5.57. The number of fused-ring (bicyclic) bond motifs is 1. The van der Waals surface area contributed by atoms with Crippen LogP contribution >= 0.6 is 11.6 Å². The van der Waals surface area contributed by atoms with Crippen molar-refractivity contribution < 1.29 is 13.6 Å². The first-order chi connectivity index (χ1) is 15.9. The molecule has 170 valence electrons. The highest BCUT2D eigenvalue weighted by Crippen LogP contribution is 2.41. The highest BCUT2D eigenvalue weighted by atomic mass is 35.5. The maximum atomic E-state index is 13.7. The van der Waals surface area contributed by atoms with Gasteiger partial charge in [0, 0.05) is 29.1 Å². The molecule has 7 nitrogen and oxygen atoms in total. The van der Waals surface area contributed by atoms with E-state index in [9.17, 15) is 13.6 Å². The molecule has 1 amide bonds. The molecule has 0 unspecified atom stereocenters. The van der Waals surface area contributed by atoms with Crippen molar-refractivity contribution in [2.45, 2.75) is 45.2 Å². The number of amides is 1. The predicted molar refractivity (Wildman–Crippen MR) is 121 cm³/mol. The van der Waals surface area contributed by atoms with Crippen LogP contribution in [0, 0.1) is 6.92 Å². The van der Waals surface area contributed by atoms with Gasteiger partial charge in [-0.2, -0.15) is 10.2 Å². The van der Waals surface area contributed by atoms with Crippen LogP contribution in [0.3, 0.4) is 0 Å². The lowest BCUT2D eigenvalue weighted by atomic mass is 10.1. The predicted octanol–water partition coefficient (Wildman–Crippen LogP) is 5.09. The summed E-state index contributed by atoms with van der Waals surface area (Å²) in [6.45, 7) is 2.03. The molecular formula is C23H21ClF2N6O. The maximum Gasteiger partial charge on any atom is 0.264 e. The van der Waals surface area contributed by atoms with E-state index < -0.39 is 6.43 Å². The zero-order valence-electron chi connectivity index (χ0n) is 17.8. The number of nitrogens with one attached hydrogen (secondary N) is 1. The van der Waals surface area contributed by atoms with Gasteiger partial charge in [0.25, 0.3) is 6.43 Å². The zero-order valence-corrected chi connectivity index (χ0v) is 18.6. The molecule has 1 aliphatic rings. The molecule has 0 aliphatic heterocycles. The summed E-state index contributed by atoms with van der Waals surface area (Å²) in [5.74, 6) is -0.118. The van der Waals surface area contributed by atoms with E-state index >= 15 is 0 Å². The van der Waals surface area contributed by atoms with Gasteiger partial charge >= 0.3 is 0 Å². The van der Waals surface area contributed by atoms with Gasteiger partial charge in [-0.25, -0.2) is 18.4 Å². The molecule has 0 radical (unpaired) electrons. The number of aromatic nitrogens is 5. The molecule has 0 spiro atoms. The van der Waals surface area contributed by atoms with Gasteiger partial charge in [-0.1, -0.05) is 23.7 Å². The monoisotopic (exact) mass is 470 g/mol. The van der Waals surface area contributed by atoms with E-state index in [4.69, 9.17) is 11.6 Å². The number of carbonyl (C=O) groups excluding carboxylic acids is 1. The molecule has 1 saturated carbocycles. The van der Waals surface area contributed by atoms with Crippen LogP contribution in [0.1, 0.15) is 47.7 Å². The number of rotatable bonds is 7. The second-order valence-electron chi connectivity index (χ2n) is 8.26. The van der Waals surface area contributed by atoms with Crippen molar-refractivity contribution in [2.75, 3.05) is 5.32 Å². The van der Waals surface area contributed by atoms with Gasteiger partial charge in [0.05, 0.1) is 28.8 Å². The van der Waals surface area contributed by atoms with Crippen LogP contribution in [-0.4, -0.2) is 30.5 Å². The van der Waals surface area contributed by atoms with Crippen molar-refractivity contribution in [3.8, 4) is 0 Å². The maximum absolute atomic E-state index is 13.7. The fourth-order valence-corrected chi connectivity index (χ4v) is 4.13. The summed E-state index contributed by atoms with van der Waals surface area (Å²) in [7, 11) is 0. The Morgan fingerprint density at radius 3 is 2.82 bits per heavy atom.